The van der Waals surface area contributed by atoms with Gasteiger partial charge in [0.05, 0.1) is 12.2 Å². The Balaban J connectivity index is 1.46. The Morgan fingerprint density at radius 3 is 2.48 bits per heavy atom. The number of hydrogen-bond donors (Lipinski definition) is 1. The molecule has 0 aromatic heterocycles. The molecule has 0 unspecified atom stereocenters. The maximum Gasteiger partial charge on any atom is 0.0883 e. The summed E-state index contributed by atoms with van der Waals surface area (Å²) in [4.78, 5) is 0. The first-order chi connectivity index (χ1) is 12.0. The Kier molecular flexibility index (Phi) is 4.99. The minimum atomic E-state index is -0.534. The molecule has 4 saturated carbocycles. The summed E-state index contributed by atoms with van der Waals surface area (Å²) in [6.45, 7) is 8.37. The average Bonchev–Trinajstić information content (AvgIpc) is 2.96. The van der Waals surface area contributed by atoms with Crippen molar-refractivity contribution in [2.75, 3.05) is 13.2 Å². The van der Waals surface area contributed by atoms with Crippen molar-refractivity contribution in [3.63, 3.8) is 0 Å². The van der Waals surface area contributed by atoms with Crippen LogP contribution in [0, 0.1) is 40.9 Å². The minimum Gasteiger partial charge on any atom is -0.387 e. The SMILES string of the molecule is CCOC[C@]1(O)CC[C@H]2[C@H](CC[C@@H]3[C@@H]2CC[C@]2(C)[C@@H](CC)CC[C@@H]32)C1. The van der Waals surface area contributed by atoms with Crippen LogP contribution in [0.4, 0.5) is 0 Å². The third-order valence-electron chi connectivity index (χ3n) is 9.37. The van der Waals surface area contributed by atoms with Crippen LogP contribution in [-0.4, -0.2) is 23.9 Å². The van der Waals surface area contributed by atoms with Gasteiger partial charge in [0.15, 0.2) is 0 Å². The molecule has 4 rings (SSSR count). The molecule has 25 heavy (non-hydrogen) atoms. The van der Waals surface area contributed by atoms with Crippen molar-refractivity contribution in [1.29, 1.82) is 0 Å². The standard InChI is InChI=1S/C23H40O2/c1-4-17-7-9-21-20-8-6-16-14-23(24,15-25-5-2)13-11-18(16)19(20)10-12-22(17,21)3/h16-21,24H,4-15H2,1-3H3/t16-,17+,18+,19-,20-,21+,22-,23+/m1/s1. The summed E-state index contributed by atoms with van der Waals surface area (Å²) in [5.74, 6) is 5.60. The van der Waals surface area contributed by atoms with Crippen molar-refractivity contribution in [1.82, 2.24) is 0 Å². The molecule has 8 atom stereocenters. The van der Waals surface area contributed by atoms with Gasteiger partial charge in [-0.05, 0) is 106 Å². The normalized spacial score (nSPS) is 52.3. The maximum absolute atomic E-state index is 11.0. The Hall–Kier alpha value is -0.0800. The lowest BCUT2D eigenvalue weighted by molar-refractivity contribution is -0.128. The molecule has 0 bridgehead atoms. The largest absolute Gasteiger partial charge is 0.387 e. The van der Waals surface area contributed by atoms with Crippen LogP contribution in [0.2, 0.25) is 0 Å². The van der Waals surface area contributed by atoms with Crippen molar-refractivity contribution < 1.29 is 9.84 Å². The summed E-state index contributed by atoms with van der Waals surface area (Å²) in [7, 11) is 0. The molecule has 0 aromatic carbocycles. The summed E-state index contributed by atoms with van der Waals surface area (Å²) in [6.07, 6.45) is 13.3. The van der Waals surface area contributed by atoms with E-state index < -0.39 is 5.60 Å². The van der Waals surface area contributed by atoms with E-state index in [0.29, 0.717) is 12.0 Å². The second-order valence-corrected chi connectivity index (χ2v) is 10.3. The summed E-state index contributed by atoms with van der Waals surface area (Å²) < 4.78 is 5.61. The number of fused-ring (bicyclic) bond motifs is 5. The molecule has 2 heteroatoms. The van der Waals surface area contributed by atoms with E-state index in [-0.39, 0.29) is 0 Å². The lowest BCUT2D eigenvalue weighted by Gasteiger charge is -2.57. The van der Waals surface area contributed by atoms with Gasteiger partial charge in [0.2, 0.25) is 0 Å². The van der Waals surface area contributed by atoms with Gasteiger partial charge in [0.1, 0.15) is 0 Å². The lowest BCUT2D eigenvalue weighted by atomic mass is 9.49. The van der Waals surface area contributed by atoms with Crippen molar-refractivity contribution >= 4 is 0 Å². The van der Waals surface area contributed by atoms with Gasteiger partial charge in [0, 0.05) is 6.61 Å². The fraction of sp³-hybridized carbons (Fsp3) is 1.00. The van der Waals surface area contributed by atoms with Gasteiger partial charge in [0.25, 0.3) is 0 Å². The molecule has 0 heterocycles. The highest BCUT2D eigenvalue weighted by Gasteiger charge is 2.57. The molecule has 4 fully saturated rings. The highest BCUT2D eigenvalue weighted by Crippen LogP contribution is 2.65. The van der Waals surface area contributed by atoms with Gasteiger partial charge >= 0.3 is 0 Å². The maximum atomic E-state index is 11.0. The molecule has 0 amide bonds. The number of aliphatic hydroxyl groups is 1. The van der Waals surface area contributed by atoms with Crippen LogP contribution in [0.1, 0.15) is 85.0 Å². The molecular weight excluding hydrogens is 308 g/mol. The molecule has 0 saturated heterocycles. The monoisotopic (exact) mass is 348 g/mol. The molecule has 4 aliphatic rings. The molecule has 144 valence electrons. The lowest BCUT2D eigenvalue weighted by Crippen LogP contribution is -2.51. The molecule has 4 aliphatic carbocycles. The van der Waals surface area contributed by atoms with Gasteiger partial charge in [-0.15, -0.1) is 0 Å². The Morgan fingerprint density at radius 1 is 0.920 bits per heavy atom. The van der Waals surface area contributed by atoms with Crippen LogP contribution in [0.15, 0.2) is 0 Å². The van der Waals surface area contributed by atoms with E-state index >= 15 is 0 Å². The van der Waals surface area contributed by atoms with Gasteiger partial charge in [-0.3, -0.25) is 0 Å². The highest BCUT2D eigenvalue weighted by atomic mass is 16.5. The van der Waals surface area contributed by atoms with E-state index in [9.17, 15) is 5.11 Å². The van der Waals surface area contributed by atoms with Crippen LogP contribution >= 0.6 is 0 Å². The van der Waals surface area contributed by atoms with Crippen LogP contribution < -0.4 is 0 Å². The second-order valence-electron chi connectivity index (χ2n) is 10.3. The average molecular weight is 349 g/mol. The predicted molar refractivity (Wildman–Crippen MR) is 102 cm³/mol. The van der Waals surface area contributed by atoms with E-state index in [4.69, 9.17) is 4.74 Å². The van der Waals surface area contributed by atoms with Crippen LogP contribution in [0.5, 0.6) is 0 Å². The summed E-state index contributed by atoms with van der Waals surface area (Å²) in [5, 5.41) is 11.0. The van der Waals surface area contributed by atoms with Crippen LogP contribution in [0.25, 0.3) is 0 Å². The number of rotatable bonds is 4. The molecule has 1 N–H and O–H groups in total. The van der Waals surface area contributed by atoms with E-state index in [1.54, 1.807) is 0 Å². The first kappa shape index (κ1) is 18.3. The van der Waals surface area contributed by atoms with E-state index in [1.165, 1.54) is 51.4 Å². The smallest absolute Gasteiger partial charge is 0.0883 e. The molecule has 2 nitrogen and oxygen atoms in total. The third-order valence-corrected chi connectivity index (χ3v) is 9.37. The van der Waals surface area contributed by atoms with Crippen molar-refractivity contribution in [2.45, 2.75) is 90.6 Å². The van der Waals surface area contributed by atoms with E-state index in [2.05, 4.69) is 13.8 Å². The zero-order chi connectivity index (χ0) is 17.7. The van der Waals surface area contributed by atoms with Crippen LogP contribution in [0.3, 0.4) is 0 Å². The summed E-state index contributed by atoms with van der Waals surface area (Å²) in [6, 6.07) is 0. The van der Waals surface area contributed by atoms with E-state index in [0.717, 1.165) is 55.0 Å². The fourth-order valence-electron chi connectivity index (χ4n) is 8.17. The summed E-state index contributed by atoms with van der Waals surface area (Å²) in [5.41, 5.74) is 0.112. The molecular formula is C23H40O2. The van der Waals surface area contributed by atoms with Crippen molar-refractivity contribution in [3.8, 4) is 0 Å². The van der Waals surface area contributed by atoms with Gasteiger partial charge in [-0.25, -0.2) is 0 Å². The first-order valence-electron chi connectivity index (χ1n) is 11.3. The molecule has 0 radical (unpaired) electrons. The second kappa shape index (κ2) is 6.82. The zero-order valence-corrected chi connectivity index (χ0v) is 16.8. The Morgan fingerprint density at radius 2 is 1.72 bits per heavy atom. The Bertz CT molecular complexity index is 477. The van der Waals surface area contributed by atoms with E-state index in [1.807, 2.05) is 6.92 Å². The minimum absolute atomic E-state index is 0.534. The molecule has 0 spiro atoms. The molecule has 0 aromatic rings. The quantitative estimate of drug-likeness (QED) is 0.734. The molecule has 0 aliphatic heterocycles. The summed E-state index contributed by atoms with van der Waals surface area (Å²) >= 11 is 0. The van der Waals surface area contributed by atoms with Gasteiger partial charge < -0.3 is 9.84 Å². The fourth-order valence-corrected chi connectivity index (χ4v) is 8.17. The predicted octanol–water partition coefficient (Wildman–Crippen LogP) is 5.43. The third kappa shape index (κ3) is 3.00. The number of ether oxygens (including phenoxy) is 1. The highest BCUT2D eigenvalue weighted by molar-refractivity contribution is 5.06. The Labute approximate surface area is 155 Å². The van der Waals surface area contributed by atoms with Crippen LogP contribution in [-0.2, 0) is 4.74 Å². The van der Waals surface area contributed by atoms with Crippen molar-refractivity contribution in [2.24, 2.45) is 40.9 Å². The van der Waals surface area contributed by atoms with Gasteiger partial charge in [-0.2, -0.15) is 0 Å². The number of hydrogen-bond acceptors (Lipinski definition) is 2. The van der Waals surface area contributed by atoms with Gasteiger partial charge in [-0.1, -0.05) is 20.3 Å². The topological polar surface area (TPSA) is 29.5 Å². The first-order valence-corrected chi connectivity index (χ1v) is 11.3. The van der Waals surface area contributed by atoms with Crippen molar-refractivity contribution in [3.05, 3.63) is 0 Å². The zero-order valence-electron chi connectivity index (χ0n) is 16.8.